The molecule has 3 aromatic rings. The van der Waals surface area contributed by atoms with E-state index in [1.807, 2.05) is 30.3 Å². The van der Waals surface area contributed by atoms with Crippen molar-refractivity contribution in [2.75, 3.05) is 5.75 Å². The van der Waals surface area contributed by atoms with E-state index in [2.05, 4.69) is 20.9 Å². The van der Waals surface area contributed by atoms with Crippen LogP contribution in [0.4, 0.5) is 9.18 Å². The van der Waals surface area contributed by atoms with Crippen molar-refractivity contribution in [2.45, 2.75) is 30.5 Å². The molecule has 1 atom stereocenters. The summed E-state index contributed by atoms with van der Waals surface area (Å²) in [4.78, 5) is 37.7. The van der Waals surface area contributed by atoms with Gasteiger partial charge in [-0.1, -0.05) is 42.1 Å². The minimum Gasteiger partial charge on any atom is -0.322 e. The Hall–Kier alpha value is -3.73. The third kappa shape index (κ3) is 4.93. The van der Waals surface area contributed by atoms with Crippen molar-refractivity contribution in [3.05, 3.63) is 66.0 Å². The van der Waals surface area contributed by atoms with Gasteiger partial charge in [-0.25, -0.2) is 9.18 Å². The van der Waals surface area contributed by atoms with Crippen molar-refractivity contribution in [1.29, 1.82) is 0 Å². The molecule has 1 aromatic heterocycles. The maximum atomic E-state index is 13.2. The third-order valence-corrected chi connectivity index (χ3v) is 6.54. The molecule has 34 heavy (non-hydrogen) atoms. The monoisotopic (exact) mass is 482 g/mol. The Bertz CT molecular complexity index is 1220. The second-order valence-electron chi connectivity index (χ2n) is 8.08. The maximum Gasteiger partial charge on any atom is 0.344 e. The predicted octanol–water partition coefficient (Wildman–Crippen LogP) is 2.69. The van der Waals surface area contributed by atoms with E-state index in [9.17, 15) is 18.8 Å². The number of thioether (sulfide) groups is 1. The molecule has 1 aliphatic rings. The first-order valence-electron chi connectivity index (χ1n) is 10.5. The van der Waals surface area contributed by atoms with E-state index in [1.54, 1.807) is 30.7 Å². The van der Waals surface area contributed by atoms with Crippen LogP contribution in [0.3, 0.4) is 0 Å². The van der Waals surface area contributed by atoms with Gasteiger partial charge in [0, 0.05) is 12.6 Å². The number of urea groups is 1. The Morgan fingerprint density at radius 1 is 1.12 bits per heavy atom. The molecule has 11 heteroatoms. The number of aryl methyl sites for hydroxylation is 1. The summed E-state index contributed by atoms with van der Waals surface area (Å²) in [6.07, 6.45) is 0.997. The maximum absolute atomic E-state index is 13.2. The second kappa shape index (κ2) is 9.64. The molecule has 9 nitrogen and oxygen atoms in total. The molecule has 1 saturated heterocycles. The van der Waals surface area contributed by atoms with Crippen LogP contribution >= 0.6 is 11.8 Å². The van der Waals surface area contributed by atoms with Gasteiger partial charge in [0.25, 0.3) is 5.91 Å². The van der Waals surface area contributed by atoms with Crippen LogP contribution in [0, 0.1) is 5.82 Å². The molecule has 1 fully saturated rings. The van der Waals surface area contributed by atoms with Crippen LogP contribution in [-0.4, -0.2) is 48.9 Å². The molecular weight excluding hydrogens is 459 g/mol. The van der Waals surface area contributed by atoms with Crippen LogP contribution in [-0.2, 0) is 23.1 Å². The molecule has 1 aliphatic heterocycles. The van der Waals surface area contributed by atoms with Gasteiger partial charge in [-0.05, 0) is 49.6 Å². The quantitative estimate of drug-likeness (QED) is 0.378. The van der Waals surface area contributed by atoms with Crippen LogP contribution in [0.2, 0.25) is 0 Å². The van der Waals surface area contributed by atoms with E-state index in [0.29, 0.717) is 29.4 Å². The van der Waals surface area contributed by atoms with E-state index >= 15 is 0 Å². The summed E-state index contributed by atoms with van der Waals surface area (Å²) in [5, 5.41) is 12.0. The van der Waals surface area contributed by atoms with Gasteiger partial charge in [-0.2, -0.15) is 5.01 Å². The Labute approximate surface area is 199 Å². The lowest BCUT2D eigenvalue weighted by atomic mass is 9.93. The molecule has 0 saturated carbocycles. The Morgan fingerprint density at radius 3 is 2.53 bits per heavy atom. The van der Waals surface area contributed by atoms with Gasteiger partial charge in [0.05, 0.1) is 5.75 Å². The number of carbonyl (C=O) groups excluding carboxylic acids is 3. The number of rotatable bonds is 8. The smallest absolute Gasteiger partial charge is 0.322 e. The fraction of sp³-hybridized carbons (Fsp3) is 0.261. The van der Waals surface area contributed by atoms with Gasteiger partial charge in [0.1, 0.15) is 11.4 Å². The Balaban J connectivity index is 1.34. The van der Waals surface area contributed by atoms with Crippen molar-refractivity contribution >= 4 is 29.6 Å². The van der Waals surface area contributed by atoms with Crippen LogP contribution in [0.15, 0.2) is 59.8 Å². The molecule has 0 spiro atoms. The number of aromatic nitrogens is 3. The first-order valence-corrected chi connectivity index (χ1v) is 11.5. The van der Waals surface area contributed by atoms with E-state index in [4.69, 9.17) is 0 Å². The van der Waals surface area contributed by atoms with Crippen LogP contribution in [0.1, 0.15) is 18.9 Å². The molecular formula is C23H23FN6O3S. The highest BCUT2D eigenvalue weighted by molar-refractivity contribution is 7.99. The van der Waals surface area contributed by atoms with Crippen LogP contribution < -0.4 is 10.7 Å². The first-order chi connectivity index (χ1) is 16.3. The minimum absolute atomic E-state index is 0.0901. The van der Waals surface area contributed by atoms with E-state index in [1.165, 1.54) is 12.1 Å². The summed E-state index contributed by atoms with van der Waals surface area (Å²) in [5.74, 6) is -0.969. The lowest BCUT2D eigenvalue weighted by Crippen LogP contribution is -2.49. The van der Waals surface area contributed by atoms with Crippen molar-refractivity contribution in [3.8, 4) is 11.4 Å². The Morgan fingerprint density at radius 2 is 1.82 bits per heavy atom. The van der Waals surface area contributed by atoms with Crippen molar-refractivity contribution < 1.29 is 18.8 Å². The first kappa shape index (κ1) is 23.4. The van der Waals surface area contributed by atoms with Gasteiger partial charge in [-0.15, -0.1) is 10.2 Å². The number of benzene rings is 2. The summed E-state index contributed by atoms with van der Waals surface area (Å²) in [7, 11) is 1.73. The van der Waals surface area contributed by atoms with Gasteiger partial charge in [0.15, 0.2) is 11.0 Å². The largest absolute Gasteiger partial charge is 0.344 e. The molecule has 0 bridgehead atoms. The highest BCUT2D eigenvalue weighted by Gasteiger charge is 2.48. The zero-order valence-electron chi connectivity index (χ0n) is 18.6. The van der Waals surface area contributed by atoms with Crippen molar-refractivity contribution in [1.82, 2.24) is 30.5 Å². The number of nitrogens with one attached hydrogen (secondary N) is 2. The highest BCUT2D eigenvalue weighted by atomic mass is 32.2. The molecule has 2 heterocycles. The second-order valence-corrected chi connectivity index (χ2v) is 9.03. The third-order valence-electron chi connectivity index (χ3n) is 5.52. The zero-order valence-corrected chi connectivity index (χ0v) is 19.4. The molecule has 176 valence electrons. The standard InChI is InChI=1S/C23H23FN6O3S/c1-23(13-12-15-6-4-3-5-7-15)20(32)30(21(33)25-23)28-18(31)14-34-22-27-26-19(29(22)2)16-8-10-17(24)11-9-16/h3-11H,12-14H2,1-2H3,(H,25,33)(H,28,31)/t23-/m0/s1. The number of amides is 4. The fourth-order valence-electron chi connectivity index (χ4n) is 3.57. The average Bonchev–Trinajstić information content (AvgIpc) is 3.29. The average molecular weight is 483 g/mol. The van der Waals surface area contributed by atoms with Gasteiger partial charge in [0.2, 0.25) is 5.91 Å². The topological polar surface area (TPSA) is 109 Å². The van der Waals surface area contributed by atoms with Crippen molar-refractivity contribution in [2.24, 2.45) is 7.05 Å². The number of imide groups is 1. The van der Waals surface area contributed by atoms with Gasteiger partial charge >= 0.3 is 6.03 Å². The fourth-order valence-corrected chi connectivity index (χ4v) is 4.28. The lowest BCUT2D eigenvalue weighted by Gasteiger charge is -2.21. The Kier molecular flexibility index (Phi) is 6.64. The highest BCUT2D eigenvalue weighted by Crippen LogP contribution is 2.24. The normalized spacial score (nSPS) is 17.7. The lowest BCUT2D eigenvalue weighted by molar-refractivity contribution is -0.138. The number of halogens is 1. The number of hydrogen-bond donors (Lipinski definition) is 2. The minimum atomic E-state index is -1.11. The molecule has 4 amide bonds. The number of hydrogen-bond acceptors (Lipinski definition) is 6. The van der Waals surface area contributed by atoms with Crippen LogP contribution in [0.5, 0.6) is 0 Å². The van der Waals surface area contributed by atoms with Crippen LogP contribution in [0.25, 0.3) is 11.4 Å². The summed E-state index contributed by atoms with van der Waals surface area (Å²) in [6, 6.07) is 14.8. The predicted molar refractivity (Wildman–Crippen MR) is 124 cm³/mol. The molecule has 4 rings (SSSR count). The van der Waals surface area contributed by atoms with Crippen molar-refractivity contribution in [3.63, 3.8) is 0 Å². The molecule has 0 aliphatic carbocycles. The van der Waals surface area contributed by atoms with E-state index < -0.39 is 23.4 Å². The zero-order chi connectivity index (χ0) is 24.3. The van der Waals surface area contributed by atoms with Gasteiger partial charge in [-0.3, -0.25) is 15.0 Å². The summed E-state index contributed by atoms with van der Waals surface area (Å²) >= 11 is 1.10. The summed E-state index contributed by atoms with van der Waals surface area (Å²) in [6.45, 7) is 1.65. The summed E-state index contributed by atoms with van der Waals surface area (Å²) in [5.41, 5.74) is 3.00. The molecule has 2 N–H and O–H groups in total. The van der Waals surface area contributed by atoms with E-state index in [-0.39, 0.29) is 11.6 Å². The molecule has 0 unspecified atom stereocenters. The SMILES string of the molecule is Cn1c(SCC(=O)NN2C(=O)N[C@@](C)(CCc3ccccc3)C2=O)nnc1-c1ccc(F)cc1. The summed E-state index contributed by atoms with van der Waals surface area (Å²) < 4.78 is 14.8. The number of hydrazine groups is 1. The number of nitrogens with zero attached hydrogens (tertiary/aromatic N) is 4. The van der Waals surface area contributed by atoms with E-state index in [0.717, 1.165) is 22.3 Å². The molecule has 2 aromatic carbocycles. The number of carbonyl (C=O) groups is 3. The molecule has 0 radical (unpaired) electrons. The van der Waals surface area contributed by atoms with Gasteiger partial charge < -0.3 is 9.88 Å².